The predicted molar refractivity (Wildman–Crippen MR) is 88.9 cm³/mol. The van der Waals surface area contributed by atoms with Gasteiger partial charge in [0.1, 0.15) is 5.69 Å². The summed E-state index contributed by atoms with van der Waals surface area (Å²) in [6.07, 6.45) is 1.57. The van der Waals surface area contributed by atoms with Crippen molar-refractivity contribution in [1.82, 2.24) is 10.3 Å². The number of carbonyl (C=O) groups is 3. The van der Waals surface area contributed by atoms with Crippen LogP contribution in [0.2, 0.25) is 5.02 Å². The van der Waals surface area contributed by atoms with Crippen LogP contribution in [0.4, 0.5) is 5.69 Å². The number of benzene rings is 1. The lowest BCUT2D eigenvalue weighted by Crippen LogP contribution is -2.35. The molecule has 1 aromatic carbocycles. The Labute approximate surface area is 143 Å². The van der Waals surface area contributed by atoms with Crippen LogP contribution in [0.3, 0.4) is 0 Å². The Balaban J connectivity index is 1.74. The van der Waals surface area contributed by atoms with Crippen molar-refractivity contribution in [1.29, 1.82) is 0 Å². The fourth-order valence-corrected chi connectivity index (χ4v) is 2.01. The average Bonchev–Trinajstić information content (AvgIpc) is 3.09. The van der Waals surface area contributed by atoms with Crippen LogP contribution >= 0.6 is 11.6 Å². The van der Waals surface area contributed by atoms with Gasteiger partial charge in [0.2, 0.25) is 5.91 Å². The van der Waals surface area contributed by atoms with Crippen molar-refractivity contribution >= 4 is 35.1 Å². The highest BCUT2D eigenvalue weighted by atomic mass is 35.5. The number of anilines is 1. The zero-order chi connectivity index (χ0) is 17.5. The van der Waals surface area contributed by atoms with Gasteiger partial charge < -0.3 is 20.4 Å². The smallest absolute Gasteiger partial charge is 0.355 e. The molecule has 1 heterocycles. The second kappa shape index (κ2) is 8.16. The number of amides is 2. The SMILES string of the molecule is Cc1c(Cl)cccc1NC(=O)CNC(=O)COC(=O)c1ccc[nH]1. The summed E-state index contributed by atoms with van der Waals surface area (Å²) in [5.41, 5.74) is 1.55. The van der Waals surface area contributed by atoms with Gasteiger partial charge in [0.15, 0.2) is 6.61 Å². The van der Waals surface area contributed by atoms with E-state index in [1.807, 2.05) is 0 Å². The molecule has 2 rings (SSSR count). The average molecular weight is 350 g/mol. The van der Waals surface area contributed by atoms with E-state index in [9.17, 15) is 14.4 Å². The predicted octanol–water partition coefficient (Wildman–Crippen LogP) is 1.89. The summed E-state index contributed by atoms with van der Waals surface area (Å²) in [6.45, 7) is 1.06. The maximum absolute atomic E-state index is 11.8. The molecule has 0 spiro atoms. The molecule has 0 radical (unpaired) electrons. The molecular formula is C16H16ClN3O4. The Bertz CT molecular complexity index is 744. The Kier molecular flexibility index (Phi) is 5.97. The van der Waals surface area contributed by atoms with Crippen molar-refractivity contribution < 1.29 is 19.1 Å². The number of hydrogen-bond donors (Lipinski definition) is 3. The van der Waals surface area contributed by atoms with Crippen LogP contribution < -0.4 is 10.6 Å². The fraction of sp³-hybridized carbons (Fsp3) is 0.188. The normalized spacial score (nSPS) is 10.1. The van der Waals surface area contributed by atoms with Crippen LogP contribution in [0, 0.1) is 6.92 Å². The lowest BCUT2D eigenvalue weighted by atomic mass is 10.2. The van der Waals surface area contributed by atoms with E-state index in [4.69, 9.17) is 16.3 Å². The van der Waals surface area contributed by atoms with Gasteiger partial charge in [-0.1, -0.05) is 17.7 Å². The number of rotatable bonds is 6. The number of halogens is 1. The first-order valence-electron chi connectivity index (χ1n) is 7.09. The Morgan fingerprint density at radius 3 is 2.67 bits per heavy atom. The summed E-state index contributed by atoms with van der Waals surface area (Å²) in [5.74, 6) is -1.63. The zero-order valence-electron chi connectivity index (χ0n) is 12.9. The van der Waals surface area contributed by atoms with E-state index in [1.165, 1.54) is 6.07 Å². The number of nitrogens with one attached hydrogen (secondary N) is 3. The molecule has 126 valence electrons. The molecule has 2 aromatic rings. The second-order valence-corrected chi connectivity index (χ2v) is 5.30. The van der Waals surface area contributed by atoms with E-state index in [1.54, 1.807) is 37.4 Å². The van der Waals surface area contributed by atoms with Gasteiger partial charge in [0, 0.05) is 16.9 Å². The van der Waals surface area contributed by atoms with E-state index in [0.29, 0.717) is 10.7 Å². The van der Waals surface area contributed by atoms with Gasteiger partial charge in [-0.2, -0.15) is 0 Å². The van der Waals surface area contributed by atoms with E-state index in [0.717, 1.165) is 5.56 Å². The third kappa shape index (κ3) is 4.85. The molecule has 3 N–H and O–H groups in total. The van der Waals surface area contributed by atoms with Crippen LogP contribution in [0.5, 0.6) is 0 Å². The van der Waals surface area contributed by atoms with Gasteiger partial charge in [-0.3, -0.25) is 9.59 Å². The number of esters is 1. The first-order chi connectivity index (χ1) is 11.5. The number of aromatic nitrogens is 1. The van der Waals surface area contributed by atoms with Crippen LogP contribution in [0.15, 0.2) is 36.5 Å². The van der Waals surface area contributed by atoms with Gasteiger partial charge >= 0.3 is 5.97 Å². The van der Waals surface area contributed by atoms with E-state index in [2.05, 4.69) is 15.6 Å². The molecule has 1 aromatic heterocycles. The molecule has 0 aliphatic heterocycles. The molecule has 0 fully saturated rings. The molecule has 0 aliphatic rings. The first kappa shape index (κ1) is 17.6. The third-order valence-corrected chi connectivity index (χ3v) is 3.55. The summed E-state index contributed by atoms with van der Waals surface area (Å²) < 4.78 is 4.80. The van der Waals surface area contributed by atoms with Gasteiger partial charge in [-0.15, -0.1) is 0 Å². The Morgan fingerprint density at radius 1 is 1.17 bits per heavy atom. The van der Waals surface area contributed by atoms with Crippen LogP contribution in [0.25, 0.3) is 0 Å². The molecule has 7 nitrogen and oxygen atoms in total. The number of hydrogen-bond acceptors (Lipinski definition) is 4. The van der Waals surface area contributed by atoms with Crippen molar-refractivity contribution in [2.24, 2.45) is 0 Å². The molecule has 24 heavy (non-hydrogen) atoms. The number of aromatic amines is 1. The standard InChI is InChI=1S/C16H16ClN3O4/c1-10-11(17)4-2-5-12(10)20-14(21)8-19-15(22)9-24-16(23)13-6-3-7-18-13/h2-7,18H,8-9H2,1H3,(H,19,22)(H,20,21). The summed E-state index contributed by atoms with van der Waals surface area (Å²) in [7, 11) is 0. The highest BCUT2D eigenvalue weighted by Crippen LogP contribution is 2.22. The third-order valence-electron chi connectivity index (χ3n) is 3.14. The molecular weight excluding hydrogens is 334 g/mol. The van der Waals surface area contributed by atoms with Gasteiger partial charge in [-0.05, 0) is 36.8 Å². The highest BCUT2D eigenvalue weighted by Gasteiger charge is 2.12. The molecule has 0 bridgehead atoms. The maximum Gasteiger partial charge on any atom is 0.355 e. The summed E-state index contributed by atoms with van der Waals surface area (Å²) in [4.78, 5) is 37.6. The Morgan fingerprint density at radius 2 is 1.96 bits per heavy atom. The lowest BCUT2D eigenvalue weighted by Gasteiger charge is -2.10. The summed E-state index contributed by atoms with van der Waals surface area (Å²) in [6, 6.07) is 8.30. The first-order valence-corrected chi connectivity index (χ1v) is 7.47. The largest absolute Gasteiger partial charge is 0.451 e. The van der Waals surface area contributed by atoms with E-state index < -0.39 is 24.4 Å². The molecule has 0 atom stereocenters. The fourth-order valence-electron chi connectivity index (χ4n) is 1.83. The monoisotopic (exact) mass is 349 g/mol. The number of carbonyl (C=O) groups excluding carboxylic acids is 3. The molecule has 0 aliphatic carbocycles. The summed E-state index contributed by atoms with van der Waals surface area (Å²) in [5, 5.41) is 5.54. The van der Waals surface area contributed by atoms with Crippen molar-refractivity contribution in [3.63, 3.8) is 0 Å². The number of H-pyrrole nitrogens is 1. The van der Waals surface area contributed by atoms with Gasteiger partial charge in [0.25, 0.3) is 5.91 Å². The van der Waals surface area contributed by atoms with Crippen LogP contribution in [-0.4, -0.2) is 35.9 Å². The Hall–Kier alpha value is -2.80. The quantitative estimate of drug-likeness (QED) is 0.693. The van der Waals surface area contributed by atoms with Crippen molar-refractivity contribution in [2.45, 2.75) is 6.92 Å². The highest BCUT2D eigenvalue weighted by molar-refractivity contribution is 6.31. The van der Waals surface area contributed by atoms with Crippen molar-refractivity contribution in [3.05, 3.63) is 52.8 Å². The molecule has 0 unspecified atom stereocenters. The van der Waals surface area contributed by atoms with Crippen LogP contribution in [-0.2, 0) is 14.3 Å². The maximum atomic E-state index is 11.8. The summed E-state index contributed by atoms with van der Waals surface area (Å²) >= 11 is 5.97. The van der Waals surface area contributed by atoms with Gasteiger partial charge in [-0.25, -0.2) is 4.79 Å². The van der Waals surface area contributed by atoms with Crippen molar-refractivity contribution in [2.75, 3.05) is 18.5 Å². The molecule has 8 heteroatoms. The lowest BCUT2D eigenvalue weighted by molar-refractivity contribution is -0.126. The van der Waals surface area contributed by atoms with E-state index in [-0.39, 0.29) is 12.2 Å². The molecule has 0 saturated carbocycles. The van der Waals surface area contributed by atoms with E-state index >= 15 is 0 Å². The number of ether oxygens (including phenoxy) is 1. The minimum Gasteiger partial charge on any atom is -0.451 e. The minimum atomic E-state index is -0.644. The minimum absolute atomic E-state index is 0.245. The van der Waals surface area contributed by atoms with Gasteiger partial charge in [0.05, 0.1) is 6.54 Å². The molecule has 0 saturated heterocycles. The second-order valence-electron chi connectivity index (χ2n) is 4.90. The molecule has 2 amide bonds. The van der Waals surface area contributed by atoms with Crippen LogP contribution in [0.1, 0.15) is 16.1 Å². The zero-order valence-corrected chi connectivity index (χ0v) is 13.6. The van der Waals surface area contributed by atoms with Crippen molar-refractivity contribution in [3.8, 4) is 0 Å². The topological polar surface area (TPSA) is 100 Å².